The number of amides is 1. The quantitative estimate of drug-likeness (QED) is 0.840. The van der Waals surface area contributed by atoms with Gasteiger partial charge in [-0.15, -0.1) is 0 Å². The highest BCUT2D eigenvalue weighted by atomic mass is 32.2. The molecule has 128 valence electrons. The van der Waals surface area contributed by atoms with E-state index in [-0.39, 0.29) is 17.7 Å². The molecule has 1 heterocycles. The molecule has 2 aliphatic rings. The van der Waals surface area contributed by atoms with Gasteiger partial charge in [-0.25, -0.2) is 8.42 Å². The predicted octanol–water partition coefficient (Wildman–Crippen LogP) is 2.13. The zero-order valence-corrected chi connectivity index (χ0v) is 14.9. The molecular weight excluding hydrogens is 300 g/mol. The second-order valence-electron chi connectivity index (χ2n) is 6.97. The molecule has 6 heteroatoms. The maximum absolute atomic E-state index is 12.6. The smallest absolute Gasteiger partial charge is 0.238 e. The minimum atomic E-state index is -3.30. The molecule has 0 aromatic heterocycles. The van der Waals surface area contributed by atoms with E-state index < -0.39 is 16.1 Å². The van der Waals surface area contributed by atoms with Crippen LogP contribution in [0.15, 0.2) is 0 Å². The van der Waals surface area contributed by atoms with Crippen LogP contribution in [0.2, 0.25) is 0 Å². The van der Waals surface area contributed by atoms with Gasteiger partial charge in [-0.05, 0) is 37.5 Å². The van der Waals surface area contributed by atoms with Crippen molar-refractivity contribution in [1.82, 2.24) is 9.62 Å². The first-order valence-electron chi connectivity index (χ1n) is 8.66. The van der Waals surface area contributed by atoms with Crippen LogP contribution in [0, 0.1) is 11.8 Å². The van der Waals surface area contributed by atoms with Gasteiger partial charge in [0.1, 0.15) is 6.04 Å². The van der Waals surface area contributed by atoms with Crippen molar-refractivity contribution in [2.75, 3.05) is 12.3 Å². The third kappa shape index (κ3) is 3.82. The minimum Gasteiger partial charge on any atom is -0.352 e. The van der Waals surface area contributed by atoms with Gasteiger partial charge in [-0.1, -0.05) is 33.6 Å². The fraction of sp³-hybridized carbons (Fsp3) is 0.938. The van der Waals surface area contributed by atoms with Crippen LogP contribution in [0.4, 0.5) is 0 Å². The molecule has 0 aromatic carbocycles. The van der Waals surface area contributed by atoms with Gasteiger partial charge < -0.3 is 5.32 Å². The molecule has 0 unspecified atom stereocenters. The molecule has 1 aliphatic carbocycles. The highest BCUT2D eigenvalue weighted by Gasteiger charge is 2.39. The molecule has 0 spiro atoms. The van der Waals surface area contributed by atoms with E-state index in [4.69, 9.17) is 0 Å². The van der Waals surface area contributed by atoms with Gasteiger partial charge in [-0.2, -0.15) is 4.31 Å². The zero-order valence-electron chi connectivity index (χ0n) is 14.0. The van der Waals surface area contributed by atoms with Crippen LogP contribution in [0.3, 0.4) is 0 Å². The second-order valence-corrected chi connectivity index (χ2v) is 9.01. The summed E-state index contributed by atoms with van der Waals surface area (Å²) in [4.78, 5) is 12.6. The van der Waals surface area contributed by atoms with Crippen molar-refractivity contribution >= 4 is 15.9 Å². The number of nitrogens with zero attached hydrogens (tertiary/aromatic N) is 1. The first-order chi connectivity index (χ1) is 10.4. The summed E-state index contributed by atoms with van der Waals surface area (Å²) in [5.41, 5.74) is 0. The molecule has 1 amide bonds. The van der Waals surface area contributed by atoms with E-state index in [9.17, 15) is 13.2 Å². The maximum Gasteiger partial charge on any atom is 0.238 e. The molecule has 2 fully saturated rings. The molecule has 0 bridgehead atoms. The number of nitrogens with one attached hydrogen (secondary N) is 1. The SMILES string of the molecule is CCCS(=O)(=O)N1CCC[C@@H]1C(=O)N[C@@H]1CCC[C@@H](C)[C@@H]1C. The number of sulfonamides is 1. The lowest BCUT2D eigenvalue weighted by Gasteiger charge is -2.35. The highest BCUT2D eigenvalue weighted by Crippen LogP contribution is 2.30. The Morgan fingerprint density at radius 2 is 1.91 bits per heavy atom. The first kappa shape index (κ1) is 17.7. The largest absolute Gasteiger partial charge is 0.352 e. The van der Waals surface area contributed by atoms with Crippen molar-refractivity contribution in [2.24, 2.45) is 11.8 Å². The zero-order chi connectivity index (χ0) is 16.3. The molecule has 1 saturated heterocycles. The summed E-state index contributed by atoms with van der Waals surface area (Å²) in [5.74, 6) is 1.11. The Morgan fingerprint density at radius 1 is 1.18 bits per heavy atom. The molecule has 5 nitrogen and oxygen atoms in total. The molecule has 1 saturated carbocycles. The van der Waals surface area contributed by atoms with Crippen molar-refractivity contribution in [3.63, 3.8) is 0 Å². The Balaban J connectivity index is 2.02. The lowest BCUT2D eigenvalue weighted by atomic mass is 9.78. The number of rotatable bonds is 5. The summed E-state index contributed by atoms with van der Waals surface area (Å²) >= 11 is 0. The van der Waals surface area contributed by atoms with Crippen molar-refractivity contribution < 1.29 is 13.2 Å². The number of hydrogen-bond donors (Lipinski definition) is 1. The van der Waals surface area contributed by atoms with Crippen LogP contribution in [-0.4, -0.2) is 43.0 Å². The van der Waals surface area contributed by atoms with Crippen molar-refractivity contribution in [3.05, 3.63) is 0 Å². The third-order valence-electron chi connectivity index (χ3n) is 5.36. The van der Waals surface area contributed by atoms with E-state index in [0.29, 0.717) is 31.2 Å². The van der Waals surface area contributed by atoms with Crippen LogP contribution in [0.5, 0.6) is 0 Å². The Bertz CT molecular complexity index is 492. The van der Waals surface area contributed by atoms with E-state index in [1.807, 2.05) is 6.92 Å². The normalized spacial score (nSPS) is 33.8. The van der Waals surface area contributed by atoms with E-state index in [2.05, 4.69) is 19.2 Å². The lowest BCUT2D eigenvalue weighted by molar-refractivity contribution is -0.125. The van der Waals surface area contributed by atoms with Crippen molar-refractivity contribution in [3.8, 4) is 0 Å². The van der Waals surface area contributed by atoms with Gasteiger partial charge in [0.25, 0.3) is 0 Å². The van der Waals surface area contributed by atoms with Crippen LogP contribution in [0.1, 0.15) is 59.3 Å². The first-order valence-corrected chi connectivity index (χ1v) is 10.3. The minimum absolute atomic E-state index is 0.0943. The van der Waals surface area contributed by atoms with Gasteiger partial charge >= 0.3 is 0 Å². The number of carbonyl (C=O) groups excluding carboxylic acids is 1. The molecule has 4 atom stereocenters. The van der Waals surface area contributed by atoms with E-state index in [0.717, 1.165) is 19.3 Å². The summed E-state index contributed by atoms with van der Waals surface area (Å²) in [5, 5.41) is 3.14. The van der Waals surface area contributed by atoms with Gasteiger partial charge in [0.05, 0.1) is 5.75 Å². The molecule has 0 aromatic rings. The lowest BCUT2D eigenvalue weighted by Crippen LogP contribution is -2.52. The van der Waals surface area contributed by atoms with Crippen molar-refractivity contribution in [1.29, 1.82) is 0 Å². The van der Waals surface area contributed by atoms with Crippen LogP contribution in [0.25, 0.3) is 0 Å². The summed E-state index contributed by atoms with van der Waals surface area (Å²) in [6.45, 7) is 6.76. The summed E-state index contributed by atoms with van der Waals surface area (Å²) in [6, 6.07) is -0.312. The van der Waals surface area contributed by atoms with Crippen LogP contribution < -0.4 is 5.32 Å². The Labute approximate surface area is 134 Å². The predicted molar refractivity (Wildman–Crippen MR) is 87.9 cm³/mol. The van der Waals surface area contributed by atoms with E-state index >= 15 is 0 Å². The topological polar surface area (TPSA) is 66.5 Å². The van der Waals surface area contributed by atoms with Crippen LogP contribution in [-0.2, 0) is 14.8 Å². The van der Waals surface area contributed by atoms with Crippen LogP contribution >= 0.6 is 0 Å². The molecule has 1 aliphatic heterocycles. The number of hydrogen-bond acceptors (Lipinski definition) is 3. The monoisotopic (exact) mass is 330 g/mol. The van der Waals surface area contributed by atoms with Crippen molar-refractivity contribution in [2.45, 2.75) is 71.4 Å². The standard InChI is InChI=1S/C16H30N2O3S/c1-4-11-22(20,21)18-10-6-9-15(18)16(19)17-14-8-5-7-12(2)13(14)3/h12-15H,4-11H2,1-3H3,(H,17,19)/t12-,13+,14-,15-/m1/s1. The van der Waals surface area contributed by atoms with E-state index in [1.54, 1.807) is 0 Å². The van der Waals surface area contributed by atoms with Gasteiger partial charge in [-0.3, -0.25) is 4.79 Å². The maximum atomic E-state index is 12.6. The summed E-state index contributed by atoms with van der Waals surface area (Å²) in [7, 11) is -3.30. The Hall–Kier alpha value is -0.620. The second kappa shape index (κ2) is 7.30. The van der Waals surface area contributed by atoms with Gasteiger partial charge in [0.15, 0.2) is 0 Å². The Kier molecular flexibility index (Phi) is 5.88. The average Bonchev–Trinajstić information content (AvgIpc) is 2.94. The summed E-state index contributed by atoms with van der Waals surface area (Å²) < 4.78 is 26.0. The number of carbonyl (C=O) groups is 1. The molecular formula is C16H30N2O3S. The van der Waals surface area contributed by atoms with Gasteiger partial charge in [0.2, 0.25) is 15.9 Å². The average molecular weight is 330 g/mol. The van der Waals surface area contributed by atoms with Gasteiger partial charge in [0, 0.05) is 12.6 Å². The summed E-state index contributed by atoms with van der Waals surface area (Å²) in [6.07, 6.45) is 5.37. The molecule has 22 heavy (non-hydrogen) atoms. The molecule has 0 radical (unpaired) electrons. The molecule has 1 N–H and O–H groups in total. The fourth-order valence-corrected chi connectivity index (χ4v) is 5.52. The Morgan fingerprint density at radius 3 is 2.59 bits per heavy atom. The fourth-order valence-electron chi connectivity index (χ4n) is 3.77. The molecule has 2 rings (SSSR count). The third-order valence-corrected chi connectivity index (χ3v) is 7.44. The van der Waals surface area contributed by atoms with E-state index in [1.165, 1.54) is 10.7 Å². The highest BCUT2D eigenvalue weighted by molar-refractivity contribution is 7.89.